The third kappa shape index (κ3) is 2.64. The minimum Gasteiger partial charge on any atom is -0.497 e. The van der Waals surface area contributed by atoms with Crippen molar-refractivity contribution in [2.75, 3.05) is 7.11 Å². The molecule has 0 bridgehead atoms. The molecule has 0 saturated heterocycles. The molecule has 1 fully saturated rings. The van der Waals surface area contributed by atoms with Gasteiger partial charge in [-0.25, -0.2) is 4.98 Å². The lowest BCUT2D eigenvalue weighted by molar-refractivity contribution is 0.0718. The van der Waals surface area contributed by atoms with E-state index in [4.69, 9.17) is 4.74 Å². The van der Waals surface area contributed by atoms with Gasteiger partial charge in [-0.05, 0) is 30.5 Å². The fourth-order valence-electron chi connectivity index (χ4n) is 2.13. The van der Waals surface area contributed by atoms with Gasteiger partial charge in [0.25, 0.3) is 5.91 Å². The second-order valence-electron chi connectivity index (χ2n) is 4.85. The van der Waals surface area contributed by atoms with Crippen molar-refractivity contribution in [1.29, 1.82) is 0 Å². The van der Waals surface area contributed by atoms with Gasteiger partial charge in [0.15, 0.2) is 0 Å². The first-order chi connectivity index (χ1) is 9.78. The first-order valence-electron chi connectivity index (χ1n) is 6.57. The van der Waals surface area contributed by atoms with E-state index in [1.165, 1.54) is 6.33 Å². The van der Waals surface area contributed by atoms with E-state index in [0.717, 1.165) is 24.2 Å². The lowest BCUT2D eigenvalue weighted by Crippen LogP contribution is -2.33. The molecule has 1 saturated carbocycles. The quantitative estimate of drug-likeness (QED) is 0.897. The molecule has 6 nitrogen and oxygen atoms in total. The molecule has 1 aromatic heterocycles. The molecule has 6 heteroatoms. The number of aromatic amines is 1. The molecule has 1 aliphatic rings. The molecule has 1 aliphatic carbocycles. The van der Waals surface area contributed by atoms with E-state index in [9.17, 15) is 4.79 Å². The molecule has 20 heavy (non-hydrogen) atoms. The van der Waals surface area contributed by atoms with Gasteiger partial charge in [0.1, 0.15) is 12.1 Å². The number of H-pyrrole nitrogens is 1. The Hall–Kier alpha value is -2.37. The van der Waals surface area contributed by atoms with Crippen LogP contribution in [-0.4, -0.2) is 39.1 Å². The van der Waals surface area contributed by atoms with Crippen LogP contribution in [0.2, 0.25) is 0 Å². The number of carbonyl (C=O) groups is 1. The van der Waals surface area contributed by atoms with E-state index < -0.39 is 0 Å². The van der Waals surface area contributed by atoms with Crippen molar-refractivity contribution >= 4 is 5.91 Å². The molecule has 1 amide bonds. The molecule has 1 N–H and O–H groups in total. The molecule has 2 aromatic rings. The Morgan fingerprint density at radius 2 is 2.15 bits per heavy atom. The monoisotopic (exact) mass is 272 g/mol. The highest BCUT2D eigenvalue weighted by Crippen LogP contribution is 2.29. The summed E-state index contributed by atoms with van der Waals surface area (Å²) < 4.78 is 5.14. The van der Waals surface area contributed by atoms with Gasteiger partial charge in [-0.3, -0.25) is 9.89 Å². The summed E-state index contributed by atoms with van der Waals surface area (Å²) in [5, 5.41) is 6.37. The van der Waals surface area contributed by atoms with E-state index in [1.54, 1.807) is 7.11 Å². The van der Waals surface area contributed by atoms with Crippen molar-refractivity contribution in [3.05, 3.63) is 42.0 Å². The van der Waals surface area contributed by atoms with E-state index in [2.05, 4.69) is 15.2 Å². The number of methoxy groups -OCH3 is 1. The zero-order valence-electron chi connectivity index (χ0n) is 11.2. The van der Waals surface area contributed by atoms with Crippen LogP contribution in [0.3, 0.4) is 0 Å². The Bertz CT molecular complexity index is 576. The van der Waals surface area contributed by atoms with Crippen molar-refractivity contribution in [1.82, 2.24) is 20.1 Å². The standard InChI is InChI=1S/C14H16N4O2/c1-20-12-6-2-10(3-7-12)8-18(11-4-5-11)14(19)13-15-9-16-17-13/h2-3,6-7,9,11H,4-5,8H2,1H3,(H,15,16,17). The maximum atomic E-state index is 12.4. The van der Waals surface area contributed by atoms with Gasteiger partial charge in [-0.2, -0.15) is 5.10 Å². The number of nitrogens with one attached hydrogen (secondary N) is 1. The molecular formula is C14H16N4O2. The number of amides is 1. The molecule has 104 valence electrons. The molecule has 0 radical (unpaired) electrons. The van der Waals surface area contributed by atoms with Crippen LogP contribution in [0, 0.1) is 0 Å². The van der Waals surface area contributed by atoms with Crippen molar-refractivity contribution in [3.63, 3.8) is 0 Å². The molecule has 1 aromatic carbocycles. The van der Waals surface area contributed by atoms with Gasteiger partial charge in [0.2, 0.25) is 5.82 Å². The minimum atomic E-state index is -0.0965. The van der Waals surface area contributed by atoms with Crippen LogP contribution in [0.25, 0.3) is 0 Å². The Kier molecular flexibility index (Phi) is 3.37. The lowest BCUT2D eigenvalue weighted by atomic mass is 10.2. The Balaban J connectivity index is 1.75. The van der Waals surface area contributed by atoms with Gasteiger partial charge in [-0.1, -0.05) is 12.1 Å². The second-order valence-corrected chi connectivity index (χ2v) is 4.85. The summed E-state index contributed by atoms with van der Waals surface area (Å²) >= 11 is 0. The maximum absolute atomic E-state index is 12.4. The smallest absolute Gasteiger partial charge is 0.291 e. The summed E-state index contributed by atoms with van der Waals surface area (Å²) in [7, 11) is 1.64. The average molecular weight is 272 g/mol. The molecular weight excluding hydrogens is 256 g/mol. The largest absolute Gasteiger partial charge is 0.497 e. The van der Waals surface area contributed by atoms with Crippen LogP contribution in [0.1, 0.15) is 29.0 Å². The van der Waals surface area contributed by atoms with E-state index >= 15 is 0 Å². The number of benzene rings is 1. The predicted octanol–water partition coefficient (Wildman–Crippen LogP) is 1.62. The number of rotatable bonds is 5. The van der Waals surface area contributed by atoms with E-state index in [0.29, 0.717) is 18.4 Å². The molecule has 0 aliphatic heterocycles. The maximum Gasteiger partial charge on any atom is 0.291 e. The summed E-state index contributed by atoms with van der Waals surface area (Å²) in [5.41, 5.74) is 1.07. The fraction of sp³-hybridized carbons (Fsp3) is 0.357. The van der Waals surface area contributed by atoms with Crippen molar-refractivity contribution in [3.8, 4) is 5.75 Å². The number of nitrogens with zero attached hydrogens (tertiary/aromatic N) is 3. The Morgan fingerprint density at radius 3 is 2.70 bits per heavy atom. The van der Waals surface area contributed by atoms with Crippen molar-refractivity contribution in [2.45, 2.75) is 25.4 Å². The van der Waals surface area contributed by atoms with E-state index in [1.807, 2.05) is 29.2 Å². The SMILES string of the molecule is COc1ccc(CN(C(=O)c2ncn[nH]2)C2CC2)cc1. The van der Waals surface area contributed by atoms with Crippen molar-refractivity contribution in [2.24, 2.45) is 0 Å². The third-order valence-corrected chi connectivity index (χ3v) is 3.38. The number of ether oxygens (including phenoxy) is 1. The van der Waals surface area contributed by atoms with Crippen LogP contribution in [-0.2, 0) is 6.54 Å². The summed E-state index contributed by atoms with van der Waals surface area (Å²) in [6.07, 6.45) is 3.46. The number of aromatic nitrogens is 3. The average Bonchev–Trinajstić information content (AvgIpc) is 3.18. The van der Waals surface area contributed by atoms with Gasteiger partial charge < -0.3 is 9.64 Å². The molecule has 1 heterocycles. The predicted molar refractivity (Wildman–Crippen MR) is 72.3 cm³/mol. The van der Waals surface area contributed by atoms with Crippen LogP contribution in [0.15, 0.2) is 30.6 Å². The van der Waals surface area contributed by atoms with Crippen LogP contribution < -0.4 is 4.74 Å². The second kappa shape index (κ2) is 5.32. The van der Waals surface area contributed by atoms with Crippen LogP contribution in [0.5, 0.6) is 5.75 Å². The summed E-state index contributed by atoms with van der Waals surface area (Å²) in [6, 6.07) is 8.07. The molecule has 0 spiro atoms. The van der Waals surface area contributed by atoms with Gasteiger partial charge in [0, 0.05) is 12.6 Å². The summed E-state index contributed by atoms with van der Waals surface area (Å²) in [6.45, 7) is 0.578. The van der Waals surface area contributed by atoms with Gasteiger partial charge in [0.05, 0.1) is 7.11 Å². The Morgan fingerprint density at radius 1 is 1.40 bits per heavy atom. The zero-order chi connectivity index (χ0) is 13.9. The highest BCUT2D eigenvalue weighted by molar-refractivity contribution is 5.90. The normalized spacial score (nSPS) is 14.1. The highest BCUT2D eigenvalue weighted by Gasteiger charge is 2.34. The number of carbonyl (C=O) groups excluding carboxylic acids is 1. The molecule has 3 rings (SSSR count). The topological polar surface area (TPSA) is 71.1 Å². The van der Waals surface area contributed by atoms with Crippen molar-refractivity contribution < 1.29 is 9.53 Å². The Labute approximate surface area is 116 Å². The summed E-state index contributed by atoms with van der Waals surface area (Å²) in [4.78, 5) is 18.2. The summed E-state index contributed by atoms with van der Waals surface area (Å²) in [5.74, 6) is 1.01. The lowest BCUT2D eigenvalue weighted by Gasteiger charge is -2.21. The fourth-order valence-corrected chi connectivity index (χ4v) is 2.13. The van der Waals surface area contributed by atoms with Crippen LogP contribution in [0.4, 0.5) is 0 Å². The molecule has 0 atom stereocenters. The zero-order valence-corrected chi connectivity index (χ0v) is 11.2. The van der Waals surface area contributed by atoms with E-state index in [-0.39, 0.29) is 5.91 Å². The first kappa shape index (κ1) is 12.7. The highest BCUT2D eigenvalue weighted by atomic mass is 16.5. The van der Waals surface area contributed by atoms with Gasteiger partial charge in [-0.15, -0.1) is 0 Å². The number of hydrogen-bond acceptors (Lipinski definition) is 4. The number of hydrogen-bond donors (Lipinski definition) is 1. The third-order valence-electron chi connectivity index (χ3n) is 3.38. The first-order valence-corrected chi connectivity index (χ1v) is 6.57. The molecule has 0 unspecified atom stereocenters. The van der Waals surface area contributed by atoms with Crippen LogP contribution >= 0.6 is 0 Å². The van der Waals surface area contributed by atoms with Gasteiger partial charge >= 0.3 is 0 Å². The minimum absolute atomic E-state index is 0.0965.